The third-order valence-electron chi connectivity index (χ3n) is 4.64. The van der Waals surface area contributed by atoms with Crippen molar-refractivity contribution >= 4 is 11.5 Å². The summed E-state index contributed by atoms with van der Waals surface area (Å²) in [4.78, 5) is 4.23. The van der Waals surface area contributed by atoms with Crippen LogP contribution < -0.4 is 24.3 Å². The van der Waals surface area contributed by atoms with E-state index >= 15 is 0 Å². The fraction of sp³-hybridized carbons (Fsp3) is 0.263. The molecule has 0 aliphatic heterocycles. The van der Waals surface area contributed by atoms with E-state index in [1.54, 1.807) is 40.7 Å². The molecular formula is C19H20N4O4. The Bertz CT molecular complexity index is 977. The zero-order valence-electron chi connectivity index (χ0n) is 15.5. The van der Waals surface area contributed by atoms with E-state index in [4.69, 9.17) is 18.9 Å². The molecule has 0 unspecified atom stereocenters. The molecule has 2 N–H and O–H groups in total. The van der Waals surface area contributed by atoms with E-state index in [2.05, 4.69) is 20.5 Å². The van der Waals surface area contributed by atoms with Crippen molar-refractivity contribution in [3.63, 3.8) is 0 Å². The molecule has 0 fully saturated rings. The van der Waals surface area contributed by atoms with E-state index in [1.807, 2.05) is 12.1 Å². The number of hydrogen-bond donors (Lipinski definition) is 2. The highest BCUT2D eigenvalue weighted by Gasteiger charge is 2.28. The molecule has 2 aromatic heterocycles. The Morgan fingerprint density at radius 2 is 1.70 bits per heavy atom. The monoisotopic (exact) mass is 368 g/mol. The maximum absolute atomic E-state index is 5.43. The second-order valence-electron chi connectivity index (χ2n) is 5.99. The van der Waals surface area contributed by atoms with Gasteiger partial charge in [-0.15, -0.1) is 0 Å². The minimum absolute atomic E-state index is 0.441. The van der Waals surface area contributed by atoms with Crippen LogP contribution >= 0.6 is 0 Å². The highest BCUT2D eigenvalue weighted by molar-refractivity contribution is 5.82. The van der Waals surface area contributed by atoms with Gasteiger partial charge in [-0.25, -0.2) is 4.98 Å². The number of benzene rings is 1. The summed E-state index contributed by atoms with van der Waals surface area (Å²) in [5.41, 5.74) is 4.73. The summed E-state index contributed by atoms with van der Waals surface area (Å²) < 4.78 is 21.6. The van der Waals surface area contributed by atoms with Crippen LogP contribution in [0.1, 0.15) is 11.1 Å². The number of fused-ring (bicyclic) bond motifs is 3. The Hall–Kier alpha value is -3.42. The van der Waals surface area contributed by atoms with E-state index in [1.165, 1.54) is 0 Å². The van der Waals surface area contributed by atoms with Crippen LogP contribution in [0.5, 0.6) is 23.1 Å². The van der Waals surface area contributed by atoms with Crippen LogP contribution in [-0.4, -0.2) is 43.6 Å². The summed E-state index contributed by atoms with van der Waals surface area (Å²) in [5.74, 6) is 3.22. The van der Waals surface area contributed by atoms with Gasteiger partial charge in [0.05, 0.1) is 34.1 Å². The molecule has 0 bridgehead atoms. The molecule has 0 saturated carbocycles. The van der Waals surface area contributed by atoms with Gasteiger partial charge < -0.3 is 24.3 Å². The molecule has 8 nitrogen and oxygen atoms in total. The smallest absolute Gasteiger partial charge is 0.241 e. The molecule has 1 aliphatic carbocycles. The van der Waals surface area contributed by atoms with Gasteiger partial charge in [0.1, 0.15) is 17.3 Å². The van der Waals surface area contributed by atoms with Gasteiger partial charge in [-0.3, -0.25) is 5.10 Å². The number of nitrogens with one attached hydrogen (secondary N) is 2. The number of anilines is 2. The largest absolute Gasteiger partial charge is 0.494 e. The van der Waals surface area contributed by atoms with E-state index in [0.717, 1.165) is 34.6 Å². The first-order valence-corrected chi connectivity index (χ1v) is 8.36. The van der Waals surface area contributed by atoms with Crippen LogP contribution in [0.4, 0.5) is 11.5 Å². The number of H-pyrrole nitrogens is 1. The van der Waals surface area contributed by atoms with Crippen LogP contribution in [-0.2, 0) is 6.42 Å². The lowest BCUT2D eigenvalue weighted by molar-refractivity contribution is 0.355. The lowest BCUT2D eigenvalue weighted by Crippen LogP contribution is -2.01. The maximum Gasteiger partial charge on any atom is 0.241 e. The highest BCUT2D eigenvalue weighted by Crippen LogP contribution is 2.45. The van der Waals surface area contributed by atoms with Gasteiger partial charge in [-0.2, -0.15) is 5.10 Å². The van der Waals surface area contributed by atoms with Crippen LogP contribution in [0.25, 0.3) is 11.3 Å². The quantitative estimate of drug-likeness (QED) is 0.540. The van der Waals surface area contributed by atoms with Crippen molar-refractivity contribution in [1.29, 1.82) is 0 Å². The van der Waals surface area contributed by atoms with Crippen molar-refractivity contribution in [1.82, 2.24) is 15.2 Å². The molecule has 4 rings (SSSR count). The zero-order chi connectivity index (χ0) is 19.0. The Labute approximate surface area is 156 Å². The standard InChI is InChI=1S/C19H20N4O4/c1-24-13-5-6-20-19(27-4)17(13)21-18-12-7-10-8-14(25-2)15(26-3)9-11(10)16(12)22-23-18/h5-6,8-9H,7H2,1-4H3,(H2,21,22,23). The predicted octanol–water partition coefficient (Wildman–Crippen LogP) is 3.15. The number of aromatic amines is 1. The third-order valence-corrected chi connectivity index (χ3v) is 4.64. The van der Waals surface area contributed by atoms with Crippen molar-refractivity contribution in [3.05, 3.63) is 35.5 Å². The first-order chi connectivity index (χ1) is 13.2. The third kappa shape index (κ3) is 2.69. The highest BCUT2D eigenvalue weighted by atomic mass is 16.5. The minimum atomic E-state index is 0.441. The number of nitrogens with zero attached hydrogens (tertiary/aromatic N) is 2. The molecule has 0 radical (unpaired) electrons. The average Bonchev–Trinajstić information content (AvgIpc) is 3.26. The van der Waals surface area contributed by atoms with Gasteiger partial charge >= 0.3 is 0 Å². The second kappa shape index (κ2) is 6.71. The second-order valence-corrected chi connectivity index (χ2v) is 5.99. The number of pyridine rings is 1. The van der Waals surface area contributed by atoms with Crippen molar-refractivity contribution in [2.24, 2.45) is 0 Å². The lowest BCUT2D eigenvalue weighted by Gasteiger charge is -2.13. The molecular weight excluding hydrogens is 348 g/mol. The molecule has 0 saturated heterocycles. The topological polar surface area (TPSA) is 90.5 Å². The van der Waals surface area contributed by atoms with Crippen LogP contribution in [0.2, 0.25) is 0 Å². The van der Waals surface area contributed by atoms with E-state index in [9.17, 15) is 0 Å². The minimum Gasteiger partial charge on any atom is -0.494 e. The first-order valence-electron chi connectivity index (χ1n) is 8.36. The molecule has 3 aromatic rings. The van der Waals surface area contributed by atoms with Gasteiger partial charge in [0.25, 0.3) is 0 Å². The fourth-order valence-corrected chi connectivity index (χ4v) is 3.33. The SMILES string of the molecule is COc1cc2c(cc1OC)-c1n[nH]c(Nc3c(OC)ccnc3OC)c1C2. The Balaban J connectivity index is 1.74. The number of aromatic nitrogens is 3. The number of methoxy groups -OCH3 is 4. The number of ether oxygens (including phenoxy) is 4. The zero-order valence-corrected chi connectivity index (χ0v) is 15.5. The summed E-state index contributed by atoms with van der Waals surface area (Å²) in [5, 5.41) is 10.9. The fourth-order valence-electron chi connectivity index (χ4n) is 3.33. The number of rotatable bonds is 6. The summed E-state index contributed by atoms with van der Waals surface area (Å²) >= 11 is 0. The molecule has 0 spiro atoms. The van der Waals surface area contributed by atoms with Crippen molar-refractivity contribution in [3.8, 4) is 34.4 Å². The molecule has 0 atom stereocenters. The Morgan fingerprint density at radius 1 is 0.963 bits per heavy atom. The summed E-state index contributed by atoms with van der Waals surface area (Å²) in [6.07, 6.45) is 2.35. The normalized spacial score (nSPS) is 11.6. The van der Waals surface area contributed by atoms with Gasteiger partial charge in [0.2, 0.25) is 5.88 Å². The Morgan fingerprint density at radius 3 is 2.41 bits per heavy atom. The average molecular weight is 368 g/mol. The van der Waals surface area contributed by atoms with Crippen LogP contribution in [0.15, 0.2) is 24.4 Å². The van der Waals surface area contributed by atoms with Gasteiger partial charge in [-0.05, 0) is 17.7 Å². The van der Waals surface area contributed by atoms with Gasteiger partial charge in [0, 0.05) is 29.8 Å². The summed E-state index contributed by atoms with van der Waals surface area (Å²) in [7, 11) is 6.43. The maximum atomic E-state index is 5.43. The predicted molar refractivity (Wildman–Crippen MR) is 101 cm³/mol. The lowest BCUT2D eigenvalue weighted by atomic mass is 10.1. The molecule has 2 heterocycles. The summed E-state index contributed by atoms with van der Waals surface area (Å²) in [6, 6.07) is 5.71. The molecule has 1 aliphatic rings. The van der Waals surface area contributed by atoms with Crippen LogP contribution in [0, 0.1) is 0 Å². The molecule has 1 aromatic carbocycles. The van der Waals surface area contributed by atoms with E-state index in [-0.39, 0.29) is 0 Å². The number of hydrogen-bond acceptors (Lipinski definition) is 7. The van der Waals surface area contributed by atoms with Gasteiger partial charge in [-0.1, -0.05) is 0 Å². The molecule has 0 amide bonds. The van der Waals surface area contributed by atoms with Crippen molar-refractivity contribution in [2.75, 3.05) is 33.8 Å². The van der Waals surface area contributed by atoms with Gasteiger partial charge in [0.15, 0.2) is 11.5 Å². The van der Waals surface area contributed by atoms with Crippen molar-refractivity contribution < 1.29 is 18.9 Å². The first kappa shape index (κ1) is 17.0. The molecule has 27 heavy (non-hydrogen) atoms. The summed E-state index contributed by atoms with van der Waals surface area (Å²) in [6.45, 7) is 0. The van der Waals surface area contributed by atoms with E-state index in [0.29, 0.717) is 28.8 Å². The van der Waals surface area contributed by atoms with Crippen LogP contribution in [0.3, 0.4) is 0 Å². The molecule has 8 heteroatoms. The van der Waals surface area contributed by atoms with Crippen molar-refractivity contribution in [2.45, 2.75) is 6.42 Å². The molecule has 140 valence electrons. The van der Waals surface area contributed by atoms with E-state index < -0.39 is 0 Å². The Kier molecular flexibility index (Phi) is 4.23.